The van der Waals surface area contributed by atoms with Crippen LogP contribution in [-0.4, -0.2) is 28.0 Å². The number of rotatable bonds is 6. The van der Waals surface area contributed by atoms with Crippen LogP contribution in [0.3, 0.4) is 0 Å². The first-order chi connectivity index (χ1) is 15.8. The summed E-state index contributed by atoms with van der Waals surface area (Å²) in [5, 5.41) is 5.92. The highest BCUT2D eigenvalue weighted by Gasteiger charge is 2.24. The van der Waals surface area contributed by atoms with E-state index in [4.69, 9.17) is 11.5 Å². The molecule has 33 heavy (non-hydrogen) atoms. The molecule has 2 atom stereocenters. The zero-order chi connectivity index (χ0) is 23.5. The van der Waals surface area contributed by atoms with Gasteiger partial charge < -0.3 is 22.1 Å². The monoisotopic (exact) mass is 456 g/mol. The van der Waals surface area contributed by atoms with Crippen molar-refractivity contribution in [2.75, 3.05) is 10.6 Å². The highest BCUT2D eigenvalue weighted by molar-refractivity contribution is 5.98. The Bertz CT molecular complexity index is 1190. The largest absolute Gasteiger partial charge is 0.365 e. The molecule has 2 unspecified atom stereocenters. The highest BCUT2D eigenvalue weighted by Crippen LogP contribution is 2.29. The molecule has 6 N–H and O–H groups in total. The second-order valence-electron chi connectivity index (χ2n) is 7.99. The van der Waals surface area contributed by atoms with Crippen molar-refractivity contribution in [2.24, 2.45) is 11.5 Å². The molecule has 1 aliphatic rings. The summed E-state index contributed by atoms with van der Waals surface area (Å²) in [6.45, 7) is 0. The standard InChI is InChI=1S/C23H23F3N6O/c24-13-5-6-17(25)15(8-13)12-7-14(11-29-10-12)30-22-16(21(28)33)9-18(26)23(32-22)31-20-4-2-1-3-19(20)27/h5-11,19-20H,1-4,27H2,(H2,28,33)(H2,30,31,32). The number of halogens is 3. The van der Waals surface area contributed by atoms with Crippen molar-refractivity contribution in [1.29, 1.82) is 0 Å². The van der Waals surface area contributed by atoms with Gasteiger partial charge in [-0.25, -0.2) is 18.2 Å². The Labute approximate surface area is 188 Å². The average Bonchev–Trinajstić information content (AvgIpc) is 2.79. The van der Waals surface area contributed by atoms with Gasteiger partial charge in [0.25, 0.3) is 5.91 Å². The van der Waals surface area contributed by atoms with Gasteiger partial charge >= 0.3 is 0 Å². The fraction of sp³-hybridized carbons (Fsp3) is 0.261. The number of nitrogens with zero attached hydrogens (tertiary/aromatic N) is 2. The number of anilines is 3. The maximum absolute atomic E-state index is 14.7. The van der Waals surface area contributed by atoms with Crippen molar-refractivity contribution in [3.63, 3.8) is 0 Å². The average molecular weight is 456 g/mol. The smallest absolute Gasteiger partial charge is 0.252 e. The first-order valence-electron chi connectivity index (χ1n) is 10.5. The Morgan fingerprint density at radius 2 is 1.79 bits per heavy atom. The lowest BCUT2D eigenvalue weighted by atomic mass is 9.91. The molecule has 0 saturated heterocycles. The maximum atomic E-state index is 14.7. The van der Waals surface area contributed by atoms with Gasteiger partial charge in [0, 0.05) is 29.4 Å². The molecule has 3 aromatic rings. The molecule has 1 aromatic carbocycles. The Hall–Kier alpha value is -3.66. The fourth-order valence-corrected chi connectivity index (χ4v) is 3.90. The Morgan fingerprint density at radius 1 is 1.00 bits per heavy atom. The topological polar surface area (TPSA) is 119 Å². The summed E-state index contributed by atoms with van der Waals surface area (Å²) < 4.78 is 42.5. The summed E-state index contributed by atoms with van der Waals surface area (Å²) in [5.74, 6) is -2.91. The molecular formula is C23H23F3N6O. The molecule has 1 amide bonds. The van der Waals surface area contributed by atoms with Gasteiger partial charge in [-0.1, -0.05) is 12.8 Å². The van der Waals surface area contributed by atoms with Crippen molar-refractivity contribution >= 4 is 23.2 Å². The molecule has 1 saturated carbocycles. The number of carbonyl (C=O) groups excluding carboxylic acids is 1. The van der Waals surface area contributed by atoms with E-state index in [-0.39, 0.29) is 34.8 Å². The van der Waals surface area contributed by atoms with E-state index >= 15 is 0 Å². The highest BCUT2D eigenvalue weighted by atomic mass is 19.1. The Morgan fingerprint density at radius 3 is 2.55 bits per heavy atom. The summed E-state index contributed by atoms with van der Waals surface area (Å²) in [7, 11) is 0. The second kappa shape index (κ2) is 9.45. The van der Waals surface area contributed by atoms with Crippen molar-refractivity contribution < 1.29 is 18.0 Å². The first kappa shape index (κ1) is 22.5. The van der Waals surface area contributed by atoms with Gasteiger partial charge in [-0.15, -0.1) is 0 Å². The quantitative estimate of drug-likeness (QED) is 0.444. The summed E-state index contributed by atoms with van der Waals surface area (Å²) >= 11 is 0. The van der Waals surface area contributed by atoms with E-state index in [0.29, 0.717) is 11.3 Å². The summed E-state index contributed by atoms with van der Waals surface area (Å²) in [5.41, 5.74) is 12.0. The van der Waals surface area contributed by atoms with E-state index in [1.165, 1.54) is 18.5 Å². The molecule has 1 fully saturated rings. The van der Waals surface area contributed by atoms with Gasteiger partial charge in [0.05, 0.1) is 17.4 Å². The summed E-state index contributed by atoms with van der Waals surface area (Å²) in [6, 6.07) is 5.29. The maximum Gasteiger partial charge on any atom is 0.252 e. The third-order valence-electron chi connectivity index (χ3n) is 5.62. The predicted octanol–water partition coefficient (Wildman–Crippen LogP) is 4.09. The first-order valence-corrected chi connectivity index (χ1v) is 10.5. The predicted molar refractivity (Wildman–Crippen MR) is 119 cm³/mol. The summed E-state index contributed by atoms with van der Waals surface area (Å²) in [4.78, 5) is 20.2. The minimum Gasteiger partial charge on any atom is -0.365 e. The minimum atomic E-state index is -0.884. The molecule has 0 aliphatic heterocycles. The molecule has 10 heteroatoms. The zero-order valence-corrected chi connectivity index (χ0v) is 17.6. The minimum absolute atomic E-state index is 0.00514. The molecule has 0 spiro atoms. The van der Waals surface area contributed by atoms with Crippen molar-refractivity contribution in [3.8, 4) is 11.1 Å². The van der Waals surface area contributed by atoms with Crippen LogP contribution in [-0.2, 0) is 0 Å². The second-order valence-corrected chi connectivity index (χ2v) is 7.99. The van der Waals surface area contributed by atoms with Crippen molar-refractivity contribution in [3.05, 3.63) is 65.7 Å². The van der Waals surface area contributed by atoms with Crippen LogP contribution in [0, 0.1) is 17.5 Å². The molecular weight excluding hydrogens is 433 g/mol. The zero-order valence-electron chi connectivity index (χ0n) is 17.6. The van der Waals surface area contributed by atoms with E-state index in [1.54, 1.807) is 0 Å². The molecule has 0 radical (unpaired) electrons. The van der Waals surface area contributed by atoms with Crippen LogP contribution < -0.4 is 22.1 Å². The number of hydrogen-bond acceptors (Lipinski definition) is 6. The number of pyridine rings is 2. The normalized spacial score (nSPS) is 18.1. The van der Waals surface area contributed by atoms with Crippen molar-refractivity contribution in [2.45, 2.75) is 37.8 Å². The number of aromatic nitrogens is 2. The molecule has 2 heterocycles. The molecule has 4 rings (SSSR count). The number of hydrogen-bond donors (Lipinski definition) is 4. The number of nitrogens with two attached hydrogens (primary N) is 2. The summed E-state index contributed by atoms with van der Waals surface area (Å²) in [6.07, 6.45) is 6.34. The lowest BCUT2D eigenvalue weighted by molar-refractivity contribution is 0.100. The van der Waals surface area contributed by atoms with Crippen LogP contribution in [0.5, 0.6) is 0 Å². The Balaban J connectivity index is 1.67. The van der Waals surface area contributed by atoms with E-state index < -0.39 is 23.4 Å². The number of nitrogens with one attached hydrogen (secondary N) is 2. The Kier molecular flexibility index (Phi) is 6.45. The van der Waals surface area contributed by atoms with E-state index in [1.807, 2.05) is 0 Å². The van der Waals surface area contributed by atoms with Crippen LogP contribution in [0.1, 0.15) is 36.0 Å². The van der Waals surface area contributed by atoms with Gasteiger partial charge in [-0.2, -0.15) is 0 Å². The molecule has 172 valence electrons. The number of benzene rings is 1. The van der Waals surface area contributed by atoms with Gasteiger partial charge in [-0.05, 0) is 43.2 Å². The number of amides is 1. The lowest BCUT2D eigenvalue weighted by Crippen LogP contribution is -2.43. The van der Waals surface area contributed by atoms with Gasteiger partial charge in [0.15, 0.2) is 11.6 Å². The van der Waals surface area contributed by atoms with E-state index in [2.05, 4.69) is 20.6 Å². The molecule has 1 aliphatic carbocycles. The van der Waals surface area contributed by atoms with E-state index in [9.17, 15) is 18.0 Å². The van der Waals surface area contributed by atoms with Gasteiger partial charge in [0.1, 0.15) is 17.5 Å². The molecule has 2 aromatic heterocycles. The van der Waals surface area contributed by atoms with Crippen molar-refractivity contribution in [1.82, 2.24) is 9.97 Å². The fourth-order valence-electron chi connectivity index (χ4n) is 3.90. The van der Waals surface area contributed by atoms with Gasteiger partial charge in [-0.3, -0.25) is 9.78 Å². The number of carbonyl (C=O) groups is 1. The van der Waals surface area contributed by atoms with Crippen LogP contribution in [0.4, 0.5) is 30.5 Å². The number of primary amides is 1. The van der Waals surface area contributed by atoms with Crippen LogP contribution >= 0.6 is 0 Å². The third-order valence-corrected chi connectivity index (χ3v) is 5.62. The SMILES string of the molecule is NC(=O)c1cc(F)c(NC2CCCCC2N)nc1Nc1cncc(-c2cc(F)ccc2F)c1. The van der Waals surface area contributed by atoms with Crippen LogP contribution in [0.15, 0.2) is 42.7 Å². The van der Waals surface area contributed by atoms with Crippen LogP contribution in [0.25, 0.3) is 11.1 Å². The van der Waals surface area contributed by atoms with Gasteiger partial charge in [0.2, 0.25) is 0 Å². The molecule has 0 bridgehead atoms. The van der Waals surface area contributed by atoms with Crippen LogP contribution in [0.2, 0.25) is 0 Å². The molecule has 7 nitrogen and oxygen atoms in total. The lowest BCUT2D eigenvalue weighted by Gasteiger charge is -2.30. The van der Waals surface area contributed by atoms with E-state index in [0.717, 1.165) is 49.9 Å². The third kappa shape index (κ3) is 5.06.